The molecule has 0 amide bonds. The Bertz CT molecular complexity index is 2900. The van der Waals surface area contributed by atoms with E-state index in [0.717, 1.165) is 0 Å². The first-order valence-electron chi connectivity index (χ1n) is 23.0. The van der Waals surface area contributed by atoms with Crippen LogP contribution in [0.15, 0.2) is 182 Å². The number of aliphatic hydroxyl groups is 5. The fraction of sp³-hybridized carbons (Fsp3) is 0.280. The van der Waals surface area contributed by atoms with Crippen LogP contribution in [0, 0.1) is 0 Å². The molecule has 0 aliphatic carbocycles. The van der Waals surface area contributed by atoms with Crippen molar-refractivity contribution in [3.8, 4) is 0 Å². The Morgan fingerprint density at radius 3 is 0.667 bits per heavy atom. The average Bonchev–Trinajstić information content (AvgIpc) is 4.08. The van der Waals surface area contributed by atoms with E-state index in [2.05, 4.69) is 16.0 Å². The molecule has 3 fully saturated rings. The van der Waals surface area contributed by atoms with Crippen LogP contribution in [-0.2, 0) is 69.0 Å². The second-order valence-corrected chi connectivity index (χ2v) is 22.6. The molecule has 3 unspecified atom stereocenters. The van der Waals surface area contributed by atoms with E-state index in [9.17, 15) is 80.1 Å². The van der Waals surface area contributed by atoms with E-state index >= 15 is 0 Å². The molecule has 0 spiro atoms. The van der Waals surface area contributed by atoms with Crippen LogP contribution in [0.4, 0.5) is 39.5 Å². The van der Waals surface area contributed by atoms with Gasteiger partial charge in [-0.05, 0) is 23.6 Å². The SMILES string of the molecule is CC(O)O.O=S(=O)(N1C(O)[N-][C@H](c2ccccc2)[C@H]1c1ccccc1)C(F)(F)F.O=S(=O)(N1C(O)[N-][C@H](c2ccccc2)[C@H]1c1ccccc1)C(F)(F)F.O=S(=O)(N1C(O)[N-][C@H](c2ccccc2)[C@H]1c1ccccc1)C(F)(F)F.[Rh+2].[Rh]. The molecule has 81 heavy (non-hydrogen) atoms. The van der Waals surface area contributed by atoms with Crippen LogP contribution in [0.1, 0.15) is 76.6 Å². The van der Waals surface area contributed by atoms with Crippen molar-refractivity contribution in [1.82, 2.24) is 12.9 Å². The van der Waals surface area contributed by atoms with Gasteiger partial charge in [-0.15, -0.1) is 0 Å². The van der Waals surface area contributed by atoms with Gasteiger partial charge < -0.3 is 41.5 Å². The minimum absolute atomic E-state index is 0. The summed E-state index contributed by atoms with van der Waals surface area (Å²) in [6.07, 6.45) is -7.54. The molecule has 2 radical (unpaired) electrons. The Hall–Kier alpha value is -4.65. The van der Waals surface area contributed by atoms with Crippen LogP contribution in [0.25, 0.3) is 16.0 Å². The van der Waals surface area contributed by atoms with Crippen molar-refractivity contribution in [3.05, 3.63) is 231 Å². The third-order valence-electron chi connectivity index (χ3n) is 11.8. The van der Waals surface area contributed by atoms with Gasteiger partial charge in [-0.25, -0.2) is 25.3 Å². The molecule has 444 valence electrons. The molecule has 9 rings (SSSR count). The molecule has 6 aromatic carbocycles. The number of sulfonamides is 3. The first-order valence-corrected chi connectivity index (χ1v) is 27.3. The minimum atomic E-state index is -5.77. The van der Waals surface area contributed by atoms with Gasteiger partial charge in [-0.1, -0.05) is 217 Å². The Kier molecular flexibility index (Phi) is 24.0. The molecule has 6 aromatic rings. The van der Waals surface area contributed by atoms with Crippen LogP contribution in [0.5, 0.6) is 0 Å². The molecule has 0 aromatic heterocycles. The van der Waals surface area contributed by atoms with Gasteiger partial charge in [0, 0.05) is 56.7 Å². The number of nitrogens with zero attached hydrogens (tertiary/aromatic N) is 6. The van der Waals surface area contributed by atoms with Crippen molar-refractivity contribution < 1.29 is 129 Å². The van der Waals surface area contributed by atoms with E-state index in [4.69, 9.17) is 10.2 Å². The largest absolute Gasteiger partial charge is 2.00 e. The van der Waals surface area contributed by atoms with Crippen molar-refractivity contribution in [2.45, 2.75) is 85.0 Å². The zero-order chi connectivity index (χ0) is 58.3. The van der Waals surface area contributed by atoms with Crippen molar-refractivity contribution in [3.63, 3.8) is 0 Å². The van der Waals surface area contributed by atoms with Gasteiger partial charge in [0.05, 0.1) is 0 Å². The fourth-order valence-electron chi connectivity index (χ4n) is 8.59. The van der Waals surface area contributed by atoms with E-state index in [1.807, 2.05) is 0 Å². The molecule has 3 aliphatic rings. The molecule has 3 aliphatic heterocycles. The number of rotatable bonds is 9. The summed E-state index contributed by atoms with van der Waals surface area (Å²) in [5, 5.41) is 57.0. The van der Waals surface area contributed by atoms with Gasteiger partial charge in [-0.2, -0.15) is 52.4 Å². The molecule has 5 N–H and O–H groups in total. The maximum absolute atomic E-state index is 13.1. The number of alkyl halides is 9. The molecule has 0 bridgehead atoms. The zero-order valence-electron chi connectivity index (χ0n) is 41.3. The molecular weight excluding hydrogens is 1330 g/mol. The molecule has 9 atom stereocenters. The second kappa shape index (κ2) is 28.3. The number of hydrogen-bond acceptors (Lipinski definition) is 11. The first-order chi connectivity index (χ1) is 36.9. The van der Waals surface area contributed by atoms with Crippen molar-refractivity contribution in [2.24, 2.45) is 0 Å². The van der Waals surface area contributed by atoms with Gasteiger partial charge in [0.15, 0.2) is 0 Å². The standard InChI is InChI=1S/3C16H14F3N2O3S.C2H6O2.2Rh/c3*17-16(18,19)25(23,24)21-14(12-9-5-2-6-10-12)13(20-15(21)22)11-7-3-1-4-8-11;1-2(3)4;;/h3*1-10,13-15,22H;2-4H,1H3;;/q3*-1;;;+2/t3*13-,14-,15?;;;/m111.../s1. The zero-order valence-corrected chi connectivity index (χ0v) is 47.0. The van der Waals surface area contributed by atoms with Crippen molar-refractivity contribution >= 4 is 30.1 Å². The van der Waals surface area contributed by atoms with Crippen molar-refractivity contribution in [1.29, 1.82) is 0 Å². The van der Waals surface area contributed by atoms with Gasteiger partial charge >= 0.3 is 66.1 Å². The normalized spacial score (nSPS) is 23.8. The van der Waals surface area contributed by atoms with Gasteiger partial charge in [0.2, 0.25) is 0 Å². The quantitative estimate of drug-likeness (QED) is 0.0518. The van der Waals surface area contributed by atoms with Crippen LogP contribution < -0.4 is 0 Å². The van der Waals surface area contributed by atoms with Crippen LogP contribution in [-0.4, -0.2) is 106 Å². The molecule has 3 saturated heterocycles. The van der Waals surface area contributed by atoms with E-state index in [1.165, 1.54) is 43.3 Å². The summed E-state index contributed by atoms with van der Waals surface area (Å²) in [6.45, 7) is 1.28. The van der Waals surface area contributed by atoms with E-state index in [1.54, 1.807) is 146 Å². The van der Waals surface area contributed by atoms with Gasteiger partial charge in [0.25, 0.3) is 0 Å². The molecule has 3 heterocycles. The van der Waals surface area contributed by atoms with E-state index in [-0.39, 0.29) is 51.9 Å². The maximum atomic E-state index is 13.1. The predicted molar refractivity (Wildman–Crippen MR) is 268 cm³/mol. The number of benzene rings is 6. The van der Waals surface area contributed by atoms with Crippen LogP contribution in [0.3, 0.4) is 0 Å². The van der Waals surface area contributed by atoms with E-state index < -0.39 is 108 Å². The number of hydrogen-bond donors (Lipinski definition) is 5. The average molecular weight is 1380 g/mol. The first kappa shape index (κ1) is 68.8. The van der Waals surface area contributed by atoms with Crippen LogP contribution >= 0.6 is 0 Å². The van der Waals surface area contributed by atoms with E-state index in [0.29, 0.717) is 33.4 Å². The molecule has 17 nitrogen and oxygen atoms in total. The summed E-state index contributed by atoms with van der Waals surface area (Å²) < 4.78 is 190. The number of aliphatic hydroxyl groups excluding tert-OH is 4. The summed E-state index contributed by atoms with van der Waals surface area (Å²) >= 11 is 0. The Morgan fingerprint density at radius 1 is 0.370 bits per heavy atom. The predicted octanol–water partition coefficient (Wildman–Crippen LogP) is 9.16. The van der Waals surface area contributed by atoms with Crippen LogP contribution in [0.2, 0.25) is 0 Å². The summed E-state index contributed by atoms with van der Waals surface area (Å²) in [7, 11) is -17.3. The molecule has 0 saturated carbocycles. The van der Waals surface area contributed by atoms with Crippen molar-refractivity contribution in [2.75, 3.05) is 0 Å². The monoisotopic (exact) mass is 1380 g/mol. The topological polar surface area (TPSA) is 256 Å². The second-order valence-electron chi connectivity index (χ2n) is 17.1. The number of halogens is 9. The summed E-state index contributed by atoms with van der Waals surface area (Å²) in [5.74, 6) is 0. The smallest absolute Gasteiger partial charge is 0.615 e. The Morgan fingerprint density at radius 2 is 0.519 bits per heavy atom. The Labute approximate surface area is 485 Å². The van der Waals surface area contributed by atoms with Gasteiger partial charge in [-0.3, -0.25) is 0 Å². The fourth-order valence-corrected chi connectivity index (χ4v) is 11.8. The molecule has 31 heteroatoms. The third-order valence-corrected chi connectivity index (χ3v) is 16.5. The third kappa shape index (κ3) is 15.8. The maximum Gasteiger partial charge on any atom is 2.00 e. The Balaban J connectivity index is 0.000000250. The minimum Gasteiger partial charge on any atom is -0.615 e. The summed E-state index contributed by atoms with van der Waals surface area (Å²) in [6, 6.07) is 41.6. The molecular formula is C50H48F9N6O11Rh2S3-. The summed E-state index contributed by atoms with van der Waals surface area (Å²) in [5.41, 5.74) is -14.2. The van der Waals surface area contributed by atoms with Gasteiger partial charge in [0.1, 0.15) is 6.29 Å². The summed E-state index contributed by atoms with van der Waals surface area (Å²) in [4.78, 5) is 0.